The molecule has 0 spiro atoms. The summed E-state index contributed by atoms with van der Waals surface area (Å²) in [5.74, 6) is -1.19. The summed E-state index contributed by atoms with van der Waals surface area (Å²) in [4.78, 5) is 40.2. The number of nitrogens with one attached hydrogen (secondary N) is 1. The molecule has 0 bridgehead atoms. The minimum Gasteiger partial charge on any atom is -0.495 e. The number of amides is 3. The fourth-order valence-electron chi connectivity index (χ4n) is 3.45. The Morgan fingerprint density at radius 3 is 2.28 bits per heavy atom. The number of nitrogens with zero attached hydrogens (tertiary/aromatic N) is 1. The monoisotopic (exact) mass is 414 g/mol. The molecule has 6 nitrogen and oxygen atoms in total. The van der Waals surface area contributed by atoms with Crippen LogP contribution in [0.2, 0.25) is 5.02 Å². The molecule has 0 saturated heterocycles. The lowest BCUT2D eigenvalue weighted by atomic mass is 9.96. The third kappa shape index (κ3) is 3.72. The number of carbonyl (C=O) groups excluding carboxylic acids is 3. The maximum Gasteiger partial charge on any atom is 0.262 e. The molecule has 2 atom stereocenters. The Hall–Kier alpha value is -2.86. The van der Waals surface area contributed by atoms with Gasteiger partial charge < -0.3 is 10.1 Å². The molecule has 3 rings (SSSR count). The predicted molar refractivity (Wildman–Crippen MR) is 112 cm³/mol. The molecule has 2 aromatic carbocycles. The smallest absolute Gasteiger partial charge is 0.262 e. The molecule has 1 aliphatic heterocycles. The highest BCUT2D eigenvalue weighted by Gasteiger charge is 2.44. The van der Waals surface area contributed by atoms with Crippen LogP contribution in [0, 0.1) is 12.8 Å². The Balaban J connectivity index is 1.97. The van der Waals surface area contributed by atoms with Gasteiger partial charge in [0.2, 0.25) is 5.91 Å². The number of carbonyl (C=O) groups is 3. The molecule has 1 heterocycles. The summed E-state index contributed by atoms with van der Waals surface area (Å²) in [7, 11) is 1.48. The van der Waals surface area contributed by atoms with Gasteiger partial charge >= 0.3 is 0 Å². The Morgan fingerprint density at radius 2 is 1.76 bits per heavy atom. The Kier molecular flexibility index (Phi) is 5.94. The molecular formula is C22H23ClN2O4. The minimum absolute atomic E-state index is 0.239. The number of halogens is 1. The minimum atomic E-state index is -0.951. The van der Waals surface area contributed by atoms with Crippen LogP contribution in [0.4, 0.5) is 5.69 Å². The molecule has 2 aromatic rings. The first-order valence-corrected chi connectivity index (χ1v) is 9.79. The molecule has 3 amide bonds. The summed E-state index contributed by atoms with van der Waals surface area (Å²) in [6, 6.07) is 8.98. The zero-order valence-electron chi connectivity index (χ0n) is 16.8. The number of ether oxygens (including phenoxy) is 1. The molecule has 0 aromatic heterocycles. The van der Waals surface area contributed by atoms with E-state index in [4.69, 9.17) is 16.3 Å². The van der Waals surface area contributed by atoms with Crippen LogP contribution < -0.4 is 10.1 Å². The topological polar surface area (TPSA) is 75.7 Å². The molecule has 7 heteroatoms. The fourth-order valence-corrected chi connectivity index (χ4v) is 3.60. The predicted octanol–water partition coefficient (Wildman–Crippen LogP) is 4.31. The molecule has 152 valence electrons. The van der Waals surface area contributed by atoms with Gasteiger partial charge in [0.1, 0.15) is 11.8 Å². The number of fused-ring (bicyclic) bond motifs is 1. The van der Waals surface area contributed by atoms with Crippen LogP contribution in [0.3, 0.4) is 0 Å². The van der Waals surface area contributed by atoms with E-state index in [1.165, 1.54) is 7.11 Å². The van der Waals surface area contributed by atoms with Gasteiger partial charge in [-0.2, -0.15) is 0 Å². The summed E-state index contributed by atoms with van der Waals surface area (Å²) < 4.78 is 5.32. The normalized spacial score (nSPS) is 15.1. The molecular weight excluding hydrogens is 392 g/mol. The van der Waals surface area contributed by atoms with Gasteiger partial charge in [0.05, 0.1) is 23.9 Å². The standard InChI is InChI=1S/C22H23ClN2O4/c1-5-12(2)19(25-21(27)14-8-6-7-9-15(14)22(25)28)20(26)24-17-10-13(3)16(23)11-18(17)29-4/h6-12,19H,5H2,1-4H3,(H,24,26)/t12-,19-/m0/s1. The van der Waals surface area contributed by atoms with Crippen molar-refractivity contribution >= 4 is 35.0 Å². The van der Waals surface area contributed by atoms with Gasteiger partial charge in [0.15, 0.2) is 0 Å². The number of imide groups is 1. The van der Waals surface area contributed by atoms with E-state index in [-0.39, 0.29) is 5.92 Å². The van der Waals surface area contributed by atoms with Crippen LogP contribution in [0.25, 0.3) is 0 Å². The Morgan fingerprint density at radius 1 is 1.17 bits per heavy atom. The van der Waals surface area contributed by atoms with Crippen molar-refractivity contribution in [2.45, 2.75) is 33.2 Å². The second kappa shape index (κ2) is 8.25. The highest BCUT2D eigenvalue weighted by molar-refractivity contribution is 6.31. The van der Waals surface area contributed by atoms with Crippen LogP contribution >= 0.6 is 11.6 Å². The van der Waals surface area contributed by atoms with E-state index in [9.17, 15) is 14.4 Å². The van der Waals surface area contributed by atoms with E-state index in [1.54, 1.807) is 36.4 Å². The summed E-state index contributed by atoms with van der Waals surface area (Å²) in [5, 5.41) is 3.33. The average molecular weight is 415 g/mol. The van der Waals surface area contributed by atoms with E-state index in [0.29, 0.717) is 34.0 Å². The molecule has 0 fully saturated rings. The zero-order chi connectivity index (χ0) is 21.3. The lowest BCUT2D eigenvalue weighted by Crippen LogP contribution is -2.50. The SMILES string of the molecule is CC[C@H](C)[C@@H](C(=O)Nc1cc(C)c(Cl)cc1OC)N1C(=O)c2ccccc2C1=O. The fraction of sp³-hybridized carbons (Fsp3) is 0.318. The number of methoxy groups -OCH3 is 1. The number of hydrogen-bond acceptors (Lipinski definition) is 4. The molecule has 1 N–H and O–H groups in total. The second-order valence-corrected chi connectivity index (χ2v) is 7.55. The average Bonchev–Trinajstić information content (AvgIpc) is 2.96. The third-order valence-electron chi connectivity index (χ3n) is 5.29. The van der Waals surface area contributed by atoms with Crippen molar-refractivity contribution in [3.05, 3.63) is 58.1 Å². The molecule has 0 saturated carbocycles. The van der Waals surface area contributed by atoms with E-state index >= 15 is 0 Å². The van der Waals surface area contributed by atoms with Gasteiger partial charge in [-0.3, -0.25) is 19.3 Å². The van der Waals surface area contributed by atoms with Crippen LogP contribution in [-0.2, 0) is 4.79 Å². The number of benzene rings is 2. The van der Waals surface area contributed by atoms with Crippen molar-refractivity contribution in [2.75, 3.05) is 12.4 Å². The van der Waals surface area contributed by atoms with Crippen molar-refractivity contribution in [1.82, 2.24) is 4.90 Å². The Bertz CT molecular complexity index is 954. The summed E-state index contributed by atoms with van der Waals surface area (Å²) in [6.07, 6.45) is 0.613. The van der Waals surface area contributed by atoms with E-state index < -0.39 is 23.8 Å². The van der Waals surface area contributed by atoms with Crippen LogP contribution in [-0.4, -0.2) is 35.8 Å². The number of aryl methyl sites for hydroxylation is 1. The Labute approximate surface area is 174 Å². The number of rotatable bonds is 6. The first kappa shape index (κ1) is 20.9. The van der Waals surface area contributed by atoms with E-state index in [1.807, 2.05) is 20.8 Å². The molecule has 0 radical (unpaired) electrons. The van der Waals surface area contributed by atoms with E-state index in [2.05, 4.69) is 5.32 Å². The largest absolute Gasteiger partial charge is 0.495 e. The highest BCUT2D eigenvalue weighted by atomic mass is 35.5. The first-order valence-electron chi connectivity index (χ1n) is 9.42. The summed E-state index contributed by atoms with van der Waals surface area (Å²) in [6.45, 7) is 5.57. The third-order valence-corrected chi connectivity index (χ3v) is 5.70. The van der Waals surface area contributed by atoms with Gasteiger partial charge in [0, 0.05) is 11.1 Å². The lowest BCUT2D eigenvalue weighted by molar-refractivity contribution is -0.121. The summed E-state index contributed by atoms with van der Waals surface area (Å²) >= 11 is 6.14. The molecule has 29 heavy (non-hydrogen) atoms. The molecule has 1 aliphatic rings. The second-order valence-electron chi connectivity index (χ2n) is 7.15. The van der Waals surface area contributed by atoms with E-state index in [0.717, 1.165) is 10.5 Å². The van der Waals surface area contributed by atoms with Crippen molar-refractivity contribution in [3.8, 4) is 5.75 Å². The van der Waals surface area contributed by atoms with Crippen molar-refractivity contribution < 1.29 is 19.1 Å². The highest BCUT2D eigenvalue weighted by Crippen LogP contribution is 2.33. The van der Waals surface area contributed by atoms with Crippen LogP contribution in [0.15, 0.2) is 36.4 Å². The van der Waals surface area contributed by atoms with Crippen molar-refractivity contribution in [1.29, 1.82) is 0 Å². The van der Waals surface area contributed by atoms with Crippen molar-refractivity contribution in [2.24, 2.45) is 5.92 Å². The summed E-state index contributed by atoms with van der Waals surface area (Å²) in [5.41, 5.74) is 1.84. The van der Waals surface area contributed by atoms with Gasteiger partial charge in [-0.25, -0.2) is 0 Å². The van der Waals surface area contributed by atoms with Gasteiger partial charge in [-0.1, -0.05) is 44.0 Å². The first-order chi connectivity index (χ1) is 13.8. The van der Waals surface area contributed by atoms with Gasteiger partial charge in [-0.05, 0) is 36.6 Å². The van der Waals surface area contributed by atoms with Crippen LogP contribution in [0.5, 0.6) is 5.75 Å². The maximum absolute atomic E-state index is 13.3. The quantitative estimate of drug-likeness (QED) is 0.715. The van der Waals surface area contributed by atoms with Gasteiger partial charge in [0.25, 0.3) is 11.8 Å². The van der Waals surface area contributed by atoms with Crippen LogP contribution in [0.1, 0.15) is 46.5 Å². The zero-order valence-corrected chi connectivity index (χ0v) is 17.5. The van der Waals surface area contributed by atoms with Gasteiger partial charge in [-0.15, -0.1) is 0 Å². The number of hydrogen-bond donors (Lipinski definition) is 1. The lowest BCUT2D eigenvalue weighted by Gasteiger charge is -2.30. The van der Waals surface area contributed by atoms with Crippen molar-refractivity contribution in [3.63, 3.8) is 0 Å². The molecule has 0 aliphatic carbocycles. The molecule has 0 unspecified atom stereocenters. The maximum atomic E-state index is 13.3. The number of anilines is 1.